The molecule has 0 aliphatic carbocycles. The minimum atomic E-state index is 1.23. The standard InChI is InChI=1S/Gd.N3/c;1-3-2/q+1;-1. The fourth-order valence-corrected chi connectivity index (χ4v) is 0. The first-order valence-corrected chi connectivity index (χ1v) is 1.57. The topological polar surface area (TPSA) is 48.8 Å². The zero-order valence-electron chi connectivity index (χ0n) is 1.70. The molecule has 0 rings (SSSR count). The van der Waals surface area contributed by atoms with Gasteiger partial charge >= 0.3 is 50.0 Å². The number of nitrogens with zero attached hydrogens (tertiary/aromatic N) is 3. The molecule has 0 saturated carbocycles. The second kappa shape index (κ2) is 3.63. The van der Waals surface area contributed by atoms with E-state index in [1.807, 2.05) is 0 Å². The summed E-state index contributed by atoms with van der Waals surface area (Å²) in [6, 6.07) is 0. The molecule has 0 heterocycles. The number of rotatable bonds is 0. The molecule has 4 heavy (non-hydrogen) atoms. The molecule has 0 aliphatic rings. The molecule has 0 aromatic rings. The monoisotopic (exact) mass is 200 g/mol. The summed E-state index contributed by atoms with van der Waals surface area (Å²) in [5, 5.41) is 0. The summed E-state index contributed by atoms with van der Waals surface area (Å²) >= 11 is 1.23. The van der Waals surface area contributed by atoms with Crippen molar-refractivity contribution in [1.29, 1.82) is 0 Å². The van der Waals surface area contributed by atoms with Crippen molar-refractivity contribution < 1.29 is 38.3 Å². The molecule has 0 aliphatic heterocycles. The molecule has 0 fully saturated rings. The number of hydrogen-bond acceptors (Lipinski definition) is 1. The number of azide groups is 1. The van der Waals surface area contributed by atoms with Gasteiger partial charge in [0.05, 0.1) is 0 Å². The van der Waals surface area contributed by atoms with E-state index in [1.54, 1.807) is 0 Å². The van der Waals surface area contributed by atoms with Crippen LogP contribution in [0.5, 0.6) is 0 Å². The fraction of sp³-hybridized carbons (Fsp3) is 0. The van der Waals surface area contributed by atoms with E-state index in [4.69, 9.17) is 5.53 Å². The Bertz CT molecular complexity index is 41.2. The summed E-state index contributed by atoms with van der Waals surface area (Å²) in [6.07, 6.45) is 0. The van der Waals surface area contributed by atoms with Crippen molar-refractivity contribution in [2.24, 2.45) is 1.31 Å². The van der Waals surface area contributed by atoms with Crippen LogP contribution >= 0.6 is 0 Å². The first kappa shape index (κ1) is 4.63. The molecule has 0 spiro atoms. The molecule has 0 aromatic carbocycles. The van der Waals surface area contributed by atoms with Gasteiger partial charge in [-0.25, -0.2) is 0 Å². The van der Waals surface area contributed by atoms with E-state index in [9.17, 15) is 0 Å². The van der Waals surface area contributed by atoms with E-state index in [2.05, 4.69) is 6.23 Å². The van der Waals surface area contributed by atoms with E-state index in [0.29, 0.717) is 0 Å². The van der Waals surface area contributed by atoms with Crippen LogP contribution in [0.4, 0.5) is 0 Å². The Morgan fingerprint density at radius 3 is 2.25 bits per heavy atom. The SMILES string of the molecule is [N-]=[N+]=[N][Gd]. The average Bonchev–Trinajstić information content (AvgIpc) is 1.37. The van der Waals surface area contributed by atoms with E-state index >= 15 is 0 Å². The maximum atomic E-state index is 7.34. The summed E-state index contributed by atoms with van der Waals surface area (Å²) in [7, 11) is 0. The third kappa shape index (κ3) is 2.63. The van der Waals surface area contributed by atoms with Crippen molar-refractivity contribution in [3.63, 3.8) is 0 Å². The van der Waals surface area contributed by atoms with Gasteiger partial charge in [0.25, 0.3) is 0 Å². The average molecular weight is 199 g/mol. The second-order valence-corrected chi connectivity index (χ2v) is 0.614. The molecule has 0 aromatic heterocycles. The predicted octanol–water partition coefficient (Wildman–Crippen LogP) is 0.761. The van der Waals surface area contributed by atoms with Crippen LogP contribution in [0.3, 0.4) is 0 Å². The zero-order valence-corrected chi connectivity index (χ0v) is 3.96. The summed E-state index contributed by atoms with van der Waals surface area (Å²) in [4.78, 5) is 2.37. The Morgan fingerprint density at radius 2 is 2.25 bits per heavy atom. The van der Waals surface area contributed by atoms with Crippen LogP contribution in [0.25, 0.3) is 10.4 Å². The van der Waals surface area contributed by atoms with Gasteiger partial charge < -0.3 is 0 Å². The van der Waals surface area contributed by atoms with Crippen molar-refractivity contribution in [2.75, 3.05) is 0 Å². The Balaban J connectivity index is 3.11. The van der Waals surface area contributed by atoms with Gasteiger partial charge in [0.1, 0.15) is 0 Å². The first-order chi connectivity index (χ1) is 1.91. The van der Waals surface area contributed by atoms with Gasteiger partial charge in [-0.2, -0.15) is 0 Å². The Labute approximate surface area is 49.6 Å². The van der Waals surface area contributed by atoms with Crippen LogP contribution < -0.4 is 0 Å². The summed E-state index contributed by atoms with van der Waals surface area (Å²) < 4.78 is 2.94. The number of hydrogen-bond donors (Lipinski definition) is 0. The molecule has 0 radical (unpaired) electrons. The molecule has 23 valence electrons. The molecular weight excluding hydrogens is 199 g/mol. The molecule has 0 unspecified atom stereocenters. The van der Waals surface area contributed by atoms with Gasteiger partial charge in [0, 0.05) is 0 Å². The third-order valence-electron chi connectivity index (χ3n) is 0.0316. The van der Waals surface area contributed by atoms with Crippen LogP contribution in [-0.2, 0) is 0 Å². The zero-order chi connectivity index (χ0) is 3.41. The van der Waals surface area contributed by atoms with E-state index in [0.717, 1.165) is 0 Å². The third-order valence-corrected chi connectivity index (χ3v) is 0.235. The van der Waals surface area contributed by atoms with Gasteiger partial charge in [-0.15, -0.1) is 0 Å². The quantitative estimate of drug-likeness (QED) is 0.314. The van der Waals surface area contributed by atoms with E-state index < -0.39 is 0 Å². The van der Waals surface area contributed by atoms with Crippen molar-refractivity contribution >= 4 is 0 Å². The molecule has 3 nitrogen and oxygen atoms in total. The van der Waals surface area contributed by atoms with Gasteiger partial charge in [0.2, 0.25) is 0 Å². The van der Waals surface area contributed by atoms with Crippen LogP contribution in [0, 0.1) is 38.3 Å². The summed E-state index contributed by atoms with van der Waals surface area (Å²) in [5.74, 6) is 0. The molecule has 0 saturated heterocycles. The normalized spacial score (nSPS) is 4.25. The van der Waals surface area contributed by atoms with Crippen molar-refractivity contribution in [3.8, 4) is 0 Å². The second-order valence-electron chi connectivity index (χ2n) is 0.160. The van der Waals surface area contributed by atoms with Crippen molar-refractivity contribution in [1.82, 2.24) is 0 Å². The van der Waals surface area contributed by atoms with Crippen molar-refractivity contribution in [3.05, 3.63) is 10.4 Å². The van der Waals surface area contributed by atoms with E-state index in [1.165, 1.54) is 38.3 Å². The van der Waals surface area contributed by atoms with Crippen LogP contribution in [0.2, 0.25) is 0 Å². The van der Waals surface area contributed by atoms with Crippen LogP contribution in [0.1, 0.15) is 0 Å². The molecule has 0 bridgehead atoms. The molecule has 0 N–H and O–H groups in total. The van der Waals surface area contributed by atoms with Gasteiger partial charge in [-0.3, -0.25) is 0 Å². The summed E-state index contributed by atoms with van der Waals surface area (Å²) in [6.45, 7) is 0. The van der Waals surface area contributed by atoms with Gasteiger partial charge in [-0.05, 0) is 0 Å². The Morgan fingerprint density at radius 1 is 2.00 bits per heavy atom. The first-order valence-electron chi connectivity index (χ1n) is 0.558. The summed E-state index contributed by atoms with van der Waals surface area (Å²) in [5.41, 5.74) is 7.34. The predicted molar refractivity (Wildman–Crippen MR) is 9.15 cm³/mol. The van der Waals surface area contributed by atoms with Gasteiger partial charge in [-0.1, -0.05) is 0 Å². The van der Waals surface area contributed by atoms with E-state index in [-0.39, 0.29) is 0 Å². The fourth-order valence-electron chi connectivity index (χ4n) is 0. The van der Waals surface area contributed by atoms with Crippen molar-refractivity contribution in [2.45, 2.75) is 0 Å². The van der Waals surface area contributed by atoms with Crippen LogP contribution in [-0.4, -0.2) is 0 Å². The maximum absolute atomic E-state index is 7.34. The Hall–Kier alpha value is 0.635. The molecule has 4 heteroatoms. The minimum absolute atomic E-state index is 1.23. The van der Waals surface area contributed by atoms with Gasteiger partial charge in [0.15, 0.2) is 0 Å². The molecular formula is GdN3. The Kier molecular flexibility index (Phi) is 4.21. The molecule has 0 amide bonds. The molecule has 0 atom stereocenters. The van der Waals surface area contributed by atoms with Crippen LogP contribution in [0.15, 0.2) is 1.31 Å².